The smallest absolute Gasteiger partial charge is 0.243 e. The first-order valence-electron chi connectivity index (χ1n) is 6.32. The molecule has 0 fully saturated rings. The van der Waals surface area contributed by atoms with Gasteiger partial charge in [0, 0.05) is 13.1 Å². The molecule has 7 nitrogen and oxygen atoms in total. The van der Waals surface area contributed by atoms with Crippen LogP contribution in [0.15, 0.2) is 29.4 Å². The maximum Gasteiger partial charge on any atom is 0.243 e. The minimum Gasteiger partial charge on any atom is -0.326 e. The zero-order valence-electron chi connectivity index (χ0n) is 11.5. The highest BCUT2D eigenvalue weighted by molar-refractivity contribution is 7.89. The molecule has 0 bridgehead atoms. The molecule has 1 aromatic heterocycles. The van der Waals surface area contributed by atoms with Crippen molar-refractivity contribution in [1.29, 1.82) is 0 Å². The first-order valence-corrected chi connectivity index (χ1v) is 7.81. The van der Waals surface area contributed by atoms with E-state index in [4.69, 9.17) is 5.73 Å². The summed E-state index contributed by atoms with van der Waals surface area (Å²) >= 11 is 0. The van der Waals surface area contributed by atoms with Gasteiger partial charge in [-0.25, -0.2) is 17.5 Å². The topological polar surface area (TPSA) is 103 Å². The first kappa shape index (κ1) is 15.5. The first-order chi connectivity index (χ1) is 9.97. The van der Waals surface area contributed by atoms with Gasteiger partial charge in [-0.3, -0.25) is 0 Å². The van der Waals surface area contributed by atoms with Gasteiger partial charge < -0.3 is 10.3 Å². The molecule has 2 aromatic rings. The minimum absolute atomic E-state index is 0.0613. The Morgan fingerprint density at radius 3 is 2.81 bits per heavy atom. The van der Waals surface area contributed by atoms with Gasteiger partial charge in [0.05, 0.1) is 6.54 Å². The fraction of sp³-hybridized carbons (Fsp3) is 0.333. The van der Waals surface area contributed by atoms with Gasteiger partial charge in [-0.1, -0.05) is 6.07 Å². The van der Waals surface area contributed by atoms with E-state index in [2.05, 4.69) is 14.9 Å². The molecule has 114 valence electrons. The van der Waals surface area contributed by atoms with Gasteiger partial charge in [-0.2, -0.15) is 0 Å². The Hall–Kier alpha value is -1.84. The van der Waals surface area contributed by atoms with E-state index in [9.17, 15) is 12.8 Å². The summed E-state index contributed by atoms with van der Waals surface area (Å²) in [6.45, 7) is 2.58. The van der Waals surface area contributed by atoms with Gasteiger partial charge in [0.25, 0.3) is 0 Å². The van der Waals surface area contributed by atoms with Crippen LogP contribution < -0.4 is 10.5 Å². The number of rotatable bonds is 6. The van der Waals surface area contributed by atoms with Crippen molar-refractivity contribution in [3.8, 4) is 0 Å². The van der Waals surface area contributed by atoms with Crippen molar-refractivity contribution in [2.45, 2.75) is 31.5 Å². The highest BCUT2D eigenvalue weighted by Crippen LogP contribution is 2.16. The number of nitrogens with two attached hydrogens (primary N) is 1. The number of aromatic nitrogens is 3. The fourth-order valence-corrected chi connectivity index (χ4v) is 2.84. The molecule has 0 unspecified atom stereocenters. The molecule has 2 rings (SSSR count). The zero-order valence-corrected chi connectivity index (χ0v) is 12.3. The second-order valence-corrected chi connectivity index (χ2v) is 6.06. The van der Waals surface area contributed by atoms with Crippen molar-refractivity contribution in [2.24, 2.45) is 5.73 Å². The van der Waals surface area contributed by atoms with Crippen LogP contribution in [-0.2, 0) is 29.7 Å². The lowest BCUT2D eigenvalue weighted by Crippen LogP contribution is -2.26. The molecule has 21 heavy (non-hydrogen) atoms. The number of halogens is 1. The fourth-order valence-electron chi connectivity index (χ4n) is 1.81. The van der Waals surface area contributed by atoms with Crippen LogP contribution in [0, 0.1) is 5.82 Å². The van der Waals surface area contributed by atoms with Crippen LogP contribution in [0.25, 0.3) is 0 Å². The van der Waals surface area contributed by atoms with Crippen LogP contribution in [0.1, 0.15) is 18.3 Å². The molecule has 9 heteroatoms. The lowest BCUT2D eigenvalue weighted by molar-refractivity contribution is 0.552. The molecule has 0 atom stereocenters. The molecule has 0 radical (unpaired) electrons. The Balaban J connectivity index is 2.19. The Bertz CT molecular complexity index is 729. The van der Waals surface area contributed by atoms with Crippen LogP contribution in [0.2, 0.25) is 0 Å². The third-order valence-electron chi connectivity index (χ3n) is 2.98. The minimum atomic E-state index is -3.96. The quantitative estimate of drug-likeness (QED) is 0.802. The van der Waals surface area contributed by atoms with Crippen LogP contribution >= 0.6 is 0 Å². The highest BCUT2D eigenvalue weighted by Gasteiger charge is 2.19. The predicted molar refractivity (Wildman–Crippen MR) is 74.0 cm³/mol. The average molecular weight is 313 g/mol. The summed E-state index contributed by atoms with van der Waals surface area (Å²) in [6.07, 6.45) is 1.50. The summed E-state index contributed by atoms with van der Waals surface area (Å²) in [7, 11) is -3.96. The molecule has 0 amide bonds. The van der Waals surface area contributed by atoms with E-state index < -0.39 is 20.7 Å². The summed E-state index contributed by atoms with van der Waals surface area (Å²) in [6, 6.07) is 3.79. The monoisotopic (exact) mass is 313 g/mol. The average Bonchev–Trinajstić information content (AvgIpc) is 2.92. The summed E-state index contributed by atoms with van der Waals surface area (Å²) < 4.78 is 42.1. The molecule has 0 aliphatic rings. The van der Waals surface area contributed by atoms with E-state index >= 15 is 0 Å². The second-order valence-electron chi connectivity index (χ2n) is 4.33. The second kappa shape index (κ2) is 6.29. The summed E-state index contributed by atoms with van der Waals surface area (Å²) in [5, 5.41) is 7.51. The summed E-state index contributed by atoms with van der Waals surface area (Å²) in [5.41, 5.74) is 5.91. The number of hydrogen-bond donors (Lipinski definition) is 2. The van der Waals surface area contributed by atoms with Gasteiger partial charge in [0.2, 0.25) is 10.0 Å². The van der Waals surface area contributed by atoms with E-state index in [1.165, 1.54) is 18.5 Å². The molecule has 0 spiro atoms. The molecule has 1 aromatic carbocycles. The summed E-state index contributed by atoms with van der Waals surface area (Å²) in [5.74, 6) is -0.373. The van der Waals surface area contributed by atoms with Crippen LogP contribution in [0.3, 0.4) is 0 Å². The molecule has 0 aliphatic carbocycles. The van der Waals surface area contributed by atoms with Gasteiger partial charge in [-0.05, 0) is 24.6 Å². The molecule has 0 aliphatic heterocycles. The normalized spacial score (nSPS) is 11.8. The largest absolute Gasteiger partial charge is 0.326 e. The molecular formula is C12H16FN5O2S. The van der Waals surface area contributed by atoms with Crippen molar-refractivity contribution in [3.63, 3.8) is 0 Å². The SMILES string of the molecule is CCn1cnnc1CNS(=O)(=O)c1ccc(CN)cc1F. The molecule has 1 heterocycles. The third-order valence-corrected chi connectivity index (χ3v) is 4.41. The van der Waals surface area contributed by atoms with Crippen LogP contribution in [0.4, 0.5) is 4.39 Å². The van der Waals surface area contributed by atoms with Gasteiger partial charge in [0.1, 0.15) is 22.9 Å². The van der Waals surface area contributed by atoms with E-state index in [0.29, 0.717) is 17.9 Å². The Morgan fingerprint density at radius 2 is 2.19 bits per heavy atom. The van der Waals surface area contributed by atoms with E-state index in [0.717, 1.165) is 6.07 Å². The van der Waals surface area contributed by atoms with Crippen LogP contribution in [-0.4, -0.2) is 23.2 Å². The maximum absolute atomic E-state index is 13.8. The Kier molecular flexibility index (Phi) is 4.66. The molecule has 0 saturated carbocycles. The van der Waals surface area contributed by atoms with E-state index in [1.54, 1.807) is 4.57 Å². The third kappa shape index (κ3) is 3.43. The lowest BCUT2D eigenvalue weighted by atomic mass is 10.2. The number of benzene rings is 1. The number of hydrogen-bond acceptors (Lipinski definition) is 5. The number of sulfonamides is 1. The number of aryl methyl sites for hydroxylation is 1. The molecule has 3 N–H and O–H groups in total. The van der Waals surface area contributed by atoms with Gasteiger partial charge in [0.15, 0.2) is 0 Å². The maximum atomic E-state index is 13.8. The lowest BCUT2D eigenvalue weighted by Gasteiger charge is -2.09. The van der Waals surface area contributed by atoms with E-state index in [-0.39, 0.29) is 13.1 Å². The standard InChI is InChI=1S/C12H16FN5O2S/c1-2-18-8-15-17-12(18)7-16-21(19,20)11-4-3-9(6-14)5-10(11)13/h3-5,8,16H,2,6-7,14H2,1H3. The van der Waals surface area contributed by atoms with Gasteiger partial charge >= 0.3 is 0 Å². The predicted octanol–water partition coefficient (Wildman–Crippen LogP) is 0.374. The number of nitrogens with one attached hydrogen (secondary N) is 1. The summed E-state index contributed by atoms with van der Waals surface area (Å²) in [4.78, 5) is -0.415. The van der Waals surface area contributed by atoms with Crippen molar-refractivity contribution in [3.05, 3.63) is 41.7 Å². The van der Waals surface area contributed by atoms with Crippen molar-refractivity contribution >= 4 is 10.0 Å². The molecular weight excluding hydrogens is 297 g/mol. The van der Waals surface area contributed by atoms with Crippen molar-refractivity contribution < 1.29 is 12.8 Å². The van der Waals surface area contributed by atoms with Crippen molar-refractivity contribution in [1.82, 2.24) is 19.5 Å². The Morgan fingerprint density at radius 1 is 1.43 bits per heavy atom. The zero-order chi connectivity index (χ0) is 15.5. The van der Waals surface area contributed by atoms with Gasteiger partial charge in [-0.15, -0.1) is 10.2 Å². The van der Waals surface area contributed by atoms with Crippen LogP contribution in [0.5, 0.6) is 0 Å². The Labute approximate surface area is 122 Å². The van der Waals surface area contributed by atoms with Crippen molar-refractivity contribution in [2.75, 3.05) is 0 Å². The molecule has 0 saturated heterocycles. The van der Waals surface area contributed by atoms with E-state index in [1.807, 2.05) is 6.92 Å². The highest BCUT2D eigenvalue weighted by atomic mass is 32.2. The number of nitrogens with zero attached hydrogens (tertiary/aromatic N) is 3.